The summed E-state index contributed by atoms with van der Waals surface area (Å²) in [4.78, 5) is 0. The molecule has 0 nitrogen and oxygen atoms in total. The fourth-order valence-electron chi connectivity index (χ4n) is 7.57. The van der Waals surface area contributed by atoms with Crippen LogP contribution in [0.25, 0.3) is 87.6 Å². The third kappa shape index (κ3) is 4.75. The van der Waals surface area contributed by atoms with Crippen LogP contribution in [-0.4, -0.2) is 0 Å². The summed E-state index contributed by atoms with van der Waals surface area (Å²) in [7, 11) is 0. The van der Waals surface area contributed by atoms with Gasteiger partial charge in [0, 0.05) is 47.0 Å². The highest BCUT2D eigenvalue weighted by molar-refractivity contribution is 14.1. The highest BCUT2D eigenvalue weighted by Crippen LogP contribution is 2.55. The molecular weight excluding hydrogens is 1040 g/mol. The summed E-state index contributed by atoms with van der Waals surface area (Å²) in [5.41, 5.74) is 10.2. The van der Waals surface area contributed by atoms with E-state index in [9.17, 15) is 0 Å². The van der Waals surface area contributed by atoms with Crippen LogP contribution in [0.15, 0.2) is 146 Å². The van der Waals surface area contributed by atoms with Crippen molar-refractivity contribution >= 4 is 133 Å². The SMILES string of the molecule is Ic1ccc2c3c(-c4ccccc4)c(-c4ccccc4)c(I)c4c(I)ccc(c5c(-c6ccccc6)c(-c6ccccc6)c(I)c1c25)c43. The van der Waals surface area contributed by atoms with E-state index in [1.165, 1.54) is 102 Å². The van der Waals surface area contributed by atoms with Gasteiger partial charge in [0.05, 0.1) is 0 Å². The minimum absolute atomic E-state index is 1.24. The first-order valence-electron chi connectivity index (χ1n) is 15.7. The molecule has 9 aromatic carbocycles. The van der Waals surface area contributed by atoms with Crippen molar-refractivity contribution in [1.29, 1.82) is 0 Å². The molecule has 0 atom stereocenters. The van der Waals surface area contributed by atoms with Crippen LogP contribution in [-0.2, 0) is 0 Å². The van der Waals surface area contributed by atoms with Crippen LogP contribution in [0, 0.1) is 14.3 Å². The number of halogens is 4. The van der Waals surface area contributed by atoms with Crippen LogP contribution < -0.4 is 0 Å². The molecule has 0 aliphatic heterocycles. The van der Waals surface area contributed by atoms with E-state index in [4.69, 9.17) is 0 Å². The van der Waals surface area contributed by atoms with Crippen molar-refractivity contribution in [3.63, 3.8) is 0 Å². The molecule has 0 spiro atoms. The van der Waals surface area contributed by atoms with Gasteiger partial charge in [0.1, 0.15) is 0 Å². The van der Waals surface area contributed by atoms with Crippen molar-refractivity contribution in [2.75, 3.05) is 0 Å². The molecule has 0 aliphatic rings. The highest BCUT2D eigenvalue weighted by atomic mass is 127. The van der Waals surface area contributed by atoms with Crippen LogP contribution >= 0.6 is 90.4 Å². The van der Waals surface area contributed by atoms with E-state index in [0.29, 0.717) is 0 Å². The highest BCUT2D eigenvalue weighted by Gasteiger charge is 2.29. The van der Waals surface area contributed by atoms with Crippen molar-refractivity contribution in [3.05, 3.63) is 160 Å². The number of hydrogen-bond acceptors (Lipinski definition) is 0. The van der Waals surface area contributed by atoms with Gasteiger partial charge < -0.3 is 0 Å². The van der Waals surface area contributed by atoms with E-state index in [0.717, 1.165) is 0 Å². The lowest BCUT2D eigenvalue weighted by Crippen LogP contribution is -2.01. The summed E-state index contributed by atoms with van der Waals surface area (Å²) in [6.45, 7) is 0. The Labute approximate surface area is 333 Å². The monoisotopic (exact) mass is 1060 g/mol. The third-order valence-electron chi connectivity index (χ3n) is 9.48. The van der Waals surface area contributed by atoms with Crippen molar-refractivity contribution in [3.8, 4) is 44.5 Å². The minimum atomic E-state index is 1.24. The van der Waals surface area contributed by atoms with Gasteiger partial charge in [0.25, 0.3) is 0 Å². The maximum Gasteiger partial charge on any atom is 0.0304 e. The fraction of sp³-hybridized carbons (Fsp3) is 0. The lowest BCUT2D eigenvalue weighted by molar-refractivity contribution is 1.59. The Bertz CT molecular complexity index is 2480. The zero-order valence-electron chi connectivity index (χ0n) is 25.4. The number of fused-ring (bicyclic) bond motifs is 2. The van der Waals surface area contributed by atoms with E-state index in [1.807, 2.05) is 0 Å². The Balaban J connectivity index is 1.65. The molecule has 0 heterocycles. The van der Waals surface area contributed by atoms with Crippen LogP contribution in [0.1, 0.15) is 0 Å². The van der Waals surface area contributed by atoms with Gasteiger partial charge in [-0.05, 0) is 157 Å². The molecule has 0 bridgehead atoms. The predicted molar refractivity (Wildman–Crippen MR) is 240 cm³/mol. The van der Waals surface area contributed by atoms with Crippen molar-refractivity contribution in [1.82, 2.24) is 0 Å². The zero-order valence-corrected chi connectivity index (χ0v) is 34.0. The molecule has 0 aromatic heterocycles. The topological polar surface area (TPSA) is 0 Å². The smallest absolute Gasteiger partial charge is 0.0304 e. The average Bonchev–Trinajstić information content (AvgIpc) is 3.13. The van der Waals surface area contributed by atoms with Gasteiger partial charge in [-0.25, -0.2) is 0 Å². The molecule has 0 saturated heterocycles. The van der Waals surface area contributed by atoms with Gasteiger partial charge in [0.2, 0.25) is 0 Å². The largest absolute Gasteiger partial charge is 0.0622 e. The van der Waals surface area contributed by atoms with Gasteiger partial charge in [-0.1, -0.05) is 133 Å². The maximum absolute atomic E-state index is 2.64. The Morgan fingerprint density at radius 2 is 0.542 bits per heavy atom. The van der Waals surface area contributed by atoms with Crippen LogP contribution in [0.5, 0.6) is 0 Å². The van der Waals surface area contributed by atoms with Crippen molar-refractivity contribution in [2.24, 2.45) is 0 Å². The number of benzene rings is 9. The van der Waals surface area contributed by atoms with Gasteiger partial charge in [0.15, 0.2) is 0 Å². The quantitative estimate of drug-likeness (QED) is 0.0936. The molecule has 9 aromatic rings. The lowest BCUT2D eigenvalue weighted by atomic mass is 9.79. The van der Waals surface area contributed by atoms with Gasteiger partial charge in [-0.3, -0.25) is 0 Å². The predicted octanol–water partition coefficient (Wildman–Crippen LogP) is 14.8. The Kier molecular flexibility index (Phi) is 8.13. The third-order valence-corrected chi connectivity index (χ3v) is 13.4. The molecule has 48 heavy (non-hydrogen) atoms. The Hall–Kier alpha value is -2.80. The molecule has 9 rings (SSSR count). The Morgan fingerprint density at radius 3 is 0.854 bits per heavy atom. The molecule has 4 heteroatoms. The average molecular weight is 1060 g/mol. The summed E-state index contributed by atoms with van der Waals surface area (Å²) >= 11 is 10.4. The van der Waals surface area contributed by atoms with E-state index in [1.54, 1.807) is 0 Å². The first-order chi connectivity index (χ1) is 23.5. The zero-order chi connectivity index (χ0) is 32.5. The number of hydrogen-bond donors (Lipinski definition) is 0. The van der Waals surface area contributed by atoms with Gasteiger partial charge >= 0.3 is 0 Å². The second-order valence-electron chi connectivity index (χ2n) is 12.0. The van der Waals surface area contributed by atoms with Crippen LogP contribution in [0.3, 0.4) is 0 Å². The molecule has 0 radical (unpaired) electrons. The van der Waals surface area contributed by atoms with Crippen molar-refractivity contribution < 1.29 is 0 Å². The van der Waals surface area contributed by atoms with Crippen LogP contribution in [0.4, 0.5) is 0 Å². The van der Waals surface area contributed by atoms with E-state index in [-0.39, 0.29) is 0 Å². The summed E-state index contributed by atoms with van der Waals surface area (Å²) in [6, 6.07) is 53.5. The summed E-state index contributed by atoms with van der Waals surface area (Å²) in [6.07, 6.45) is 0. The van der Waals surface area contributed by atoms with Crippen LogP contribution in [0.2, 0.25) is 0 Å². The second-order valence-corrected chi connectivity index (χ2v) is 16.5. The molecule has 0 aliphatic carbocycles. The maximum atomic E-state index is 2.64. The molecule has 0 amide bonds. The molecule has 0 saturated carbocycles. The van der Waals surface area contributed by atoms with Gasteiger partial charge in [-0.15, -0.1) is 0 Å². The summed E-state index contributed by atoms with van der Waals surface area (Å²) in [5, 5.41) is 10.6. The fourth-order valence-corrected chi connectivity index (χ4v) is 12.3. The first-order valence-corrected chi connectivity index (χ1v) is 20.0. The molecule has 228 valence electrons. The van der Waals surface area contributed by atoms with E-state index in [2.05, 4.69) is 236 Å². The second kappa shape index (κ2) is 12.5. The van der Waals surface area contributed by atoms with Crippen molar-refractivity contribution in [2.45, 2.75) is 0 Å². The normalized spacial score (nSPS) is 11.8. The molecule has 0 fully saturated rings. The Morgan fingerprint density at radius 1 is 0.250 bits per heavy atom. The molecule has 0 unspecified atom stereocenters. The van der Waals surface area contributed by atoms with Gasteiger partial charge in [-0.2, -0.15) is 0 Å². The standard InChI is InChI=1S/C44H24I4/c45-31-24-22-30-38-34(26-15-7-2-8-16-26)36(28-19-11-4-12-20-28)44(48)42-32(46)23-21-29(40(38)42)37-33(25-13-5-1-6-14-25)35(27-17-9-3-10-18-27)43(47)41(31)39(30)37/h1-24H. The lowest BCUT2D eigenvalue weighted by Gasteiger charge is -2.26. The first kappa shape index (κ1) is 31.2. The molecule has 0 N–H and O–H groups in total. The number of rotatable bonds is 4. The van der Waals surface area contributed by atoms with E-state index >= 15 is 0 Å². The molecular formula is C44H24I4. The summed E-state index contributed by atoms with van der Waals surface area (Å²) < 4.78 is 5.13. The van der Waals surface area contributed by atoms with E-state index < -0.39 is 0 Å². The minimum Gasteiger partial charge on any atom is -0.0622 e. The summed E-state index contributed by atoms with van der Waals surface area (Å²) in [5.74, 6) is 0.